The second-order valence-corrected chi connectivity index (χ2v) is 9.21. The fourth-order valence-corrected chi connectivity index (χ4v) is 4.08. The third-order valence-corrected chi connectivity index (χ3v) is 6.73. The van der Waals surface area contributed by atoms with Crippen molar-refractivity contribution in [2.24, 2.45) is 0 Å². The highest BCUT2D eigenvalue weighted by atomic mass is 16.7. The molecule has 168 valence electrons. The minimum atomic E-state index is -0.495. The standard InChI is InChI=1S/C24H29BN2O5/c1-16-19(25-31-23(2,3)24(4,5)32-25)11-8-12-20(16)27-14-13-26(22(27)29)18-10-7-9-17(15-18)21(28)30-6/h7-12,15H,13-14H2,1-6H3. The number of carbonyl (C=O) groups excluding carboxylic acids is 2. The summed E-state index contributed by atoms with van der Waals surface area (Å²) in [7, 11) is 0.846. The number of hydrogen-bond donors (Lipinski definition) is 0. The quantitative estimate of drug-likeness (QED) is 0.542. The van der Waals surface area contributed by atoms with E-state index in [1.165, 1.54) is 7.11 Å². The van der Waals surface area contributed by atoms with Gasteiger partial charge in [-0.05, 0) is 69.9 Å². The Kier molecular flexibility index (Phi) is 5.55. The number of rotatable bonds is 4. The van der Waals surface area contributed by atoms with E-state index in [1.54, 1.807) is 28.0 Å². The second kappa shape index (κ2) is 7.94. The molecule has 2 aliphatic rings. The minimum absolute atomic E-state index is 0.138. The third-order valence-electron chi connectivity index (χ3n) is 6.73. The predicted molar refractivity (Wildman–Crippen MR) is 125 cm³/mol. The number of carbonyl (C=O) groups is 2. The maximum Gasteiger partial charge on any atom is 0.495 e. The summed E-state index contributed by atoms with van der Waals surface area (Å²) in [6.45, 7) is 11.1. The number of hydrogen-bond acceptors (Lipinski definition) is 5. The molecule has 4 rings (SSSR count). The highest BCUT2D eigenvalue weighted by Gasteiger charge is 2.52. The van der Waals surface area contributed by atoms with Crippen LogP contribution in [0.3, 0.4) is 0 Å². The Morgan fingerprint density at radius 3 is 2.28 bits per heavy atom. The molecule has 0 atom stereocenters. The molecule has 2 heterocycles. The first-order valence-corrected chi connectivity index (χ1v) is 10.8. The van der Waals surface area contributed by atoms with E-state index >= 15 is 0 Å². The number of amides is 2. The summed E-state index contributed by atoms with van der Waals surface area (Å²) in [4.78, 5) is 28.6. The van der Waals surface area contributed by atoms with E-state index in [1.807, 2.05) is 58.9 Å². The van der Waals surface area contributed by atoms with Gasteiger partial charge in [0.05, 0.1) is 23.9 Å². The molecule has 2 aromatic rings. The Hall–Kier alpha value is -2.84. The molecule has 0 aliphatic carbocycles. The normalized spacial score (nSPS) is 19.6. The molecule has 0 unspecified atom stereocenters. The molecule has 2 amide bonds. The Morgan fingerprint density at radius 1 is 1.00 bits per heavy atom. The molecule has 0 bridgehead atoms. The van der Waals surface area contributed by atoms with Gasteiger partial charge in [0.25, 0.3) is 0 Å². The Bertz CT molecular complexity index is 1050. The van der Waals surface area contributed by atoms with Crippen LogP contribution in [0, 0.1) is 6.92 Å². The number of anilines is 2. The molecule has 0 aromatic heterocycles. The van der Waals surface area contributed by atoms with E-state index < -0.39 is 24.3 Å². The van der Waals surface area contributed by atoms with Crippen molar-refractivity contribution in [3.05, 3.63) is 53.6 Å². The van der Waals surface area contributed by atoms with Crippen molar-refractivity contribution in [3.8, 4) is 0 Å². The third kappa shape index (κ3) is 3.67. The zero-order chi connectivity index (χ0) is 23.3. The number of urea groups is 1. The van der Waals surface area contributed by atoms with Crippen molar-refractivity contribution < 1.29 is 23.6 Å². The summed E-state index contributed by atoms with van der Waals surface area (Å²) >= 11 is 0. The maximum absolute atomic E-state index is 13.3. The average Bonchev–Trinajstić information content (AvgIpc) is 3.23. The molecule has 32 heavy (non-hydrogen) atoms. The van der Waals surface area contributed by atoms with Crippen LogP contribution < -0.4 is 15.3 Å². The van der Waals surface area contributed by atoms with Gasteiger partial charge in [-0.3, -0.25) is 9.80 Å². The number of ether oxygens (including phenoxy) is 1. The van der Waals surface area contributed by atoms with Crippen LogP contribution in [0.15, 0.2) is 42.5 Å². The fourth-order valence-electron chi connectivity index (χ4n) is 4.08. The van der Waals surface area contributed by atoms with Gasteiger partial charge in [0, 0.05) is 24.5 Å². The number of nitrogens with zero attached hydrogens (tertiary/aromatic N) is 2. The van der Waals surface area contributed by atoms with E-state index in [-0.39, 0.29) is 6.03 Å². The van der Waals surface area contributed by atoms with E-state index in [0.29, 0.717) is 24.3 Å². The van der Waals surface area contributed by atoms with Crippen LogP contribution in [-0.4, -0.2) is 50.5 Å². The van der Waals surface area contributed by atoms with Gasteiger partial charge in [-0.1, -0.05) is 18.2 Å². The second-order valence-electron chi connectivity index (χ2n) is 9.21. The van der Waals surface area contributed by atoms with Crippen LogP contribution in [-0.2, 0) is 14.0 Å². The predicted octanol–water partition coefficient (Wildman–Crippen LogP) is 3.53. The molecule has 2 aromatic carbocycles. The lowest BCUT2D eigenvalue weighted by Crippen LogP contribution is -2.41. The molecular weight excluding hydrogens is 407 g/mol. The van der Waals surface area contributed by atoms with Gasteiger partial charge in [-0.2, -0.15) is 0 Å². The number of methoxy groups -OCH3 is 1. The zero-order valence-electron chi connectivity index (χ0n) is 19.5. The summed E-state index contributed by atoms with van der Waals surface area (Å²) in [5, 5.41) is 0. The molecule has 8 heteroatoms. The summed E-state index contributed by atoms with van der Waals surface area (Å²) in [5.74, 6) is -0.429. The van der Waals surface area contributed by atoms with Crippen molar-refractivity contribution >= 4 is 36.0 Å². The average molecular weight is 436 g/mol. The fraction of sp³-hybridized carbons (Fsp3) is 0.417. The molecule has 0 radical (unpaired) electrons. The zero-order valence-corrected chi connectivity index (χ0v) is 19.5. The Balaban J connectivity index is 1.60. The summed E-state index contributed by atoms with van der Waals surface area (Å²) in [6.07, 6.45) is 0. The molecule has 2 fully saturated rings. The minimum Gasteiger partial charge on any atom is -0.465 e. The van der Waals surface area contributed by atoms with E-state index in [9.17, 15) is 9.59 Å². The topological polar surface area (TPSA) is 68.3 Å². The van der Waals surface area contributed by atoms with E-state index in [4.69, 9.17) is 14.0 Å². The summed E-state index contributed by atoms with van der Waals surface area (Å²) in [6, 6.07) is 12.6. The van der Waals surface area contributed by atoms with Gasteiger partial charge in [0.1, 0.15) is 0 Å². The van der Waals surface area contributed by atoms with Gasteiger partial charge < -0.3 is 14.0 Å². The van der Waals surface area contributed by atoms with Gasteiger partial charge in [-0.15, -0.1) is 0 Å². The molecule has 7 nitrogen and oxygen atoms in total. The molecule has 2 aliphatic heterocycles. The van der Waals surface area contributed by atoms with Crippen molar-refractivity contribution in [1.29, 1.82) is 0 Å². The lowest BCUT2D eigenvalue weighted by atomic mass is 9.75. The molecule has 0 spiro atoms. The Labute approximate surface area is 189 Å². The molecule has 0 N–H and O–H groups in total. The summed E-state index contributed by atoms with van der Waals surface area (Å²) < 4.78 is 17.3. The van der Waals surface area contributed by atoms with Crippen LogP contribution in [0.5, 0.6) is 0 Å². The first kappa shape index (κ1) is 22.4. The largest absolute Gasteiger partial charge is 0.495 e. The Morgan fingerprint density at radius 2 is 1.62 bits per heavy atom. The van der Waals surface area contributed by atoms with E-state index in [2.05, 4.69) is 0 Å². The van der Waals surface area contributed by atoms with Crippen molar-refractivity contribution in [2.45, 2.75) is 45.8 Å². The number of benzene rings is 2. The lowest BCUT2D eigenvalue weighted by molar-refractivity contribution is 0.00578. The highest BCUT2D eigenvalue weighted by molar-refractivity contribution is 6.62. The first-order chi connectivity index (χ1) is 15.1. The lowest BCUT2D eigenvalue weighted by Gasteiger charge is -2.32. The summed E-state index contributed by atoms with van der Waals surface area (Å²) in [5.41, 5.74) is 2.89. The molecule has 2 saturated heterocycles. The molecular formula is C24H29BN2O5. The van der Waals surface area contributed by atoms with Crippen molar-refractivity contribution in [3.63, 3.8) is 0 Å². The van der Waals surface area contributed by atoms with Gasteiger partial charge >= 0.3 is 19.1 Å². The van der Waals surface area contributed by atoms with Crippen LogP contribution in [0.4, 0.5) is 16.2 Å². The van der Waals surface area contributed by atoms with Gasteiger partial charge in [0.2, 0.25) is 0 Å². The van der Waals surface area contributed by atoms with Crippen LogP contribution in [0.2, 0.25) is 0 Å². The molecule has 0 saturated carbocycles. The smallest absolute Gasteiger partial charge is 0.465 e. The van der Waals surface area contributed by atoms with Crippen molar-refractivity contribution in [1.82, 2.24) is 0 Å². The first-order valence-electron chi connectivity index (χ1n) is 10.8. The van der Waals surface area contributed by atoms with Gasteiger partial charge in [-0.25, -0.2) is 9.59 Å². The van der Waals surface area contributed by atoms with Crippen LogP contribution in [0.25, 0.3) is 0 Å². The highest BCUT2D eigenvalue weighted by Crippen LogP contribution is 2.37. The monoisotopic (exact) mass is 436 g/mol. The van der Waals surface area contributed by atoms with E-state index in [0.717, 1.165) is 16.7 Å². The maximum atomic E-state index is 13.3. The van der Waals surface area contributed by atoms with Crippen molar-refractivity contribution in [2.75, 3.05) is 30.0 Å². The van der Waals surface area contributed by atoms with Crippen LogP contribution in [0.1, 0.15) is 43.6 Å². The SMILES string of the molecule is COC(=O)c1cccc(N2CCN(c3cccc(B4OC(C)(C)C(C)(C)O4)c3C)C2=O)c1. The number of esters is 1. The van der Waals surface area contributed by atoms with Crippen LogP contribution >= 0.6 is 0 Å². The van der Waals surface area contributed by atoms with Gasteiger partial charge in [0.15, 0.2) is 0 Å².